The van der Waals surface area contributed by atoms with E-state index < -0.39 is 0 Å². The van der Waals surface area contributed by atoms with Crippen LogP contribution in [0, 0.1) is 5.92 Å². The van der Waals surface area contributed by atoms with Gasteiger partial charge in [-0.05, 0) is 67.3 Å². The highest BCUT2D eigenvalue weighted by molar-refractivity contribution is 6.30. The van der Waals surface area contributed by atoms with Crippen LogP contribution in [0.1, 0.15) is 12.8 Å². The van der Waals surface area contributed by atoms with Crippen molar-refractivity contribution in [2.75, 3.05) is 25.0 Å². The van der Waals surface area contributed by atoms with Crippen LogP contribution in [0.4, 0.5) is 5.69 Å². The lowest BCUT2D eigenvalue weighted by molar-refractivity contribution is -0.124. The number of anilines is 1. The van der Waals surface area contributed by atoms with Gasteiger partial charge >= 0.3 is 0 Å². The fourth-order valence-electron chi connectivity index (χ4n) is 3.91. The van der Waals surface area contributed by atoms with Crippen molar-refractivity contribution in [2.45, 2.75) is 24.4 Å². The molecule has 0 spiro atoms. The van der Waals surface area contributed by atoms with Crippen molar-refractivity contribution in [2.24, 2.45) is 5.92 Å². The number of hydrogen-bond acceptors (Lipinski definition) is 4. The number of amides is 1. The molecule has 0 bridgehead atoms. The van der Waals surface area contributed by atoms with E-state index in [0.29, 0.717) is 16.7 Å². The number of nitrogens with one attached hydrogen (secondary N) is 3. The normalized spacial score (nSPS) is 24.6. The average molecular weight is 420 g/mol. The van der Waals surface area contributed by atoms with Gasteiger partial charge in [-0.3, -0.25) is 4.79 Å². The van der Waals surface area contributed by atoms with Gasteiger partial charge in [0.05, 0.1) is 0 Å². The maximum absolute atomic E-state index is 12.1. The lowest BCUT2D eigenvalue weighted by Gasteiger charge is -2.36. The Kier molecular flexibility index (Phi) is 5.67. The molecule has 28 heavy (non-hydrogen) atoms. The summed E-state index contributed by atoms with van der Waals surface area (Å²) in [4.78, 5) is 12.1. The molecular formula is C21H23Cl2N3O2. The van der Waals surface area contributed by atoms with Crippen LogP contribution in [-0.2, 0) is 4.79 Å². The molecule has 0 saturated heterocycles. The Balaban J connectivity index is 1.11. The van der Waals surface area contributed by atoms with Crippen molar-refractivity contribution in [3.63, 3.8) is 0 Å². The molecular weight excluding hydrogens is 397 g/mol. The number of carbonyl (C=O) groups excluding carboxylic acids is 1. The van der Waals surface area contributed by atoms with Gasteiger partial charge in [-0.15, -0.1) is 0 Å². The maximum Gasteiger partial charge on any atom is 0.258 e. The topological polar surface area (TPSA) is 62.4 Å². The molecule has 2 aromatic carbocycles. The molecule has 4 rings (SSSR count). The second kappa shape index (κ2) is 8.19. The van der Waals surface area contributed by atoms with Crippen molar-refractivity contribution in [1.29, 1.82) is 0 Å². The molecule has 7 heteroatoms. The van der Waals surface area contributed by atoms with E-state index in [1.807, 2.05) is 24.3 Å². The van der Waals surface area contributed by atoms with Gasteiger partial charge in [-0.25, -0.2) is 0 Å². The van der Waals surface area contributed by atoms with Crippen LogP contribution in [0.25, 0.3) is 0 Å². The van der Waals surface area contributed by atoms with Gasteiger partial charge in [0.15, 0.2) is 6.61 Å². The highest BCUT2D eigenvalue weighted by Crippen LogP contribution is 2.59. The van der Waals surface area contributed by atoms with Gasteiger partial charge in [0, 0.05) is 40.4 Å². The molecule has 2 saturated carbocycles. The maximum atomic E-state index is 12.1. The van der Waals surface area contributed by atoms with Crippen LogP contribution in [-0.4, -0.2) is 37.2 Å². The molecule has 5 nitrogen and oxygen atoms in total. The number of hydrogen-bond donors (Lipinski definition) is 3. The molecule has 3 atom stereocenters. The number of carbonyl (C=O) groups is 1. The smallest absolute Gasteiger partial charge is 0.258 e. The predicted molar refractivity (Wildman–Crippen MR) is 112 cm³/mol. The second-order valence-corrected chi connectivity index (χ2v) is 8.32. The van der Waals surface area contributed by atoms with Crippen molar-refractivity contribution in [3.05, 3.63) is 58.6 Å². The fraction of sp³-hybridized carbons (Fsp3) is 0.381. The standard InChI is InChI=1S/C21H23Cl2N3O2/c22-14-1-5-16(6-2-14)24-9-10-25-21-11-18(21)19(12-21)26-20(27)13-28-17-7-3-15(23)4-8-17/h1-8,18-19,24-25H,9-13H2,(H,26,27)/t18?,19-,21+/m1/s1. The minimum absolute atomic E-state index is 0.0241. The summed E-state index contributed by atoms with van der Waals surface area (Å²) >= 11 is 11.7. The lowest BCUT2D eigenvalue weighted by Crippen LogP contribution is -2.55. The van der Waals surface area contributed by atoms with Gasteiger partial charge in [0.1, 0.15) is 5.75 Å². The molecule has 2 aromatic rings. The first-order valence-corrected chi connectivity index (χ1v) is 10.2. The second-order valence-electron chi connectivity index (χ2n) is 7.45. The summed E-state index contributed by atoms with van der Waals surface area (Å²) < 4.78 is 5.49. The predicted octanol–water partition coefficient (Wildman–Crippen LogP) is 3.72. The highest BCUT2D eigenvalue weighted by Gasteiger charge is 2.67. The first kappa shape index (κ1) is 19.4. The van der Waals surface area contributed by atoms with Crippen LogP contribution in [0.3, 0.4) is 0 Å². The third-order valence-electron chi connectivity index (χ3n) is 5.51. The monoisotopic (exact) mass is 419 g/mol. The van der Waals surface area contributed by atoms with Crippen molar-refractivity contribution < 1.29 is 9.53 Å². The van der Waals surface area contributed by atoms with E-state index in [0.717, 1.165) is 36.6 Å². The van der Waals surface area contributed by atoms with Crippen molar-refractivity contribution >= 4 is 34.8 Å². The van der Waals surface area contributed by atoms with Crippen LogP contribution in [0.5, 0.6) is 5.75 Å². The largest absolute Gasteiger partial charge is 0.484 e. The van der Waals surface area contributed by atoms with Gasteiger partial charge < -0.3 is 20.7 Å². The summed E-state index contributed by atoms with van der Waals surface area (Å²) in [7, 11) is 0. The van der Waals surface area contributed by atoms with E-state index in [-0.39, 0.29) is 24.1 Å². The summed E-state index contributed by atoms with van der Waals surface area (Å²) in [6, 6.07) is 15.0. The van der Waals surface area contributed by atoms with Crippen LogP contribution in [0.15, 0.2) is 48.5 Å². The molecule has 2 aliphatic rings. The van der Waals surface area contributed by atoms with E-state index >= 15 is 0 Å². The molecule has 148 valence electrons. The molecule has 1 unspecified atom stereocenters. The Hall–Kier alpha value is -1.95. The van der Waals surface area contributed by atoms with Gasteiger partial charge in [0.25, 0.3) is 5.91 Å². The van der Waals surface area contributed by atoms with Gasteiger partial charge in [-0.2, -0.15) is 0 Å². The molecule has 0 heterocycles. The van der Waals surface area contributed by atoms with E-state index in [4.69, 9.17) is 27.9 Å². The SMILES string of the molecule is O=C(COc1ccc(Cl)cc1)N[C@@H]1C[C@@]2(NCCNc3ccc(Cl)cc3)CC12. The third kappa shape index (κ3) is 4.54. The summed E-state index contributed by atoms with van der Waals surface area (Å²) in [5.41, 5.74) is 1.28. The van der Waals surface area contributed by atoms with Crippen LogP contribution >= 0.6 is 23.2 Å². The highest BCUT2D eigenvalue weighted by atomic mass is 35.5. The van der Waals surface area contributed by atoms with Crippen molar-refractivity contribution in [3.8, 4) is 5.75 Å². The van der Waals surface area contributed by atoms with E-state index in [2.05, 4.69) is 16.0 Å². The minimum atomic E-state index is -0.0788. The molecule has 2 aliphatic carbocycles. The van der Waals surface area contributed by atoms with Gasteiger partial charge in [0.2, 0.25) is 0 Å². The van der Waals surface area contributed by atoms with Gasteiger partial charge in [-0.1, -0.05) is 23.2 Å². The average Bonchev–Trinajstić information content (AvgIpc) is 3.29. The zero-order valence-corrected chi connectivity index (χ0v) is 16.9. The molecule has 2 fully saturated rings. The summed E-state index contributed by atoms with van der Waals surface area (Å²) in [6.07, 6.45) is 2.10. The Bertz CT molecular complexity index is 829. The van der Waals surface area contributed by atoms with E-state index in [1.165, 1.54) is 0 Å². The number of halogens is 2. The van der Waals surface area contributed by atoms with Crippen LogP contribution < -0.4 is 20.7 Å². The third-order valence-corrected chi connectivity index (χ3v) is 6.01. The summed E-state index contributed by atoms with van der Waals surface area (Å²) in [5, 5.41) is 11.5. The number of ether oxygens (including phenoxy) is 1. The quantitative estimate of drug-likeness (QED) is 0.542. The first-order chi connectivity index (χ1) is 13.5. The molecule has 3 N–H and O–H groups in total. The van der Waals surface area contributed by atoms with Crippen molar-refractivity contribution in [1.82, 2.24) is 10.6 Å². The summed E-state index contributed by atoms with van der Waals surface area (Å²) in [6.45, 7) is 1.76. The lowest BCUT2D eigenvalue weighted by atomic mass is 9.86. The fourth-order valence-corrected chi connectivity index (χ4v) is 4.16. The van der Waals surface area contributed by atoms with E-state index in [9.17, 15) is 4.79 Å². The minimum Gasteiger partial charge on any atom is -0.484 e. The summed E-state index contributed by atoms with van der Waals surface area (Å²) in [5.74, 6) is 1.09. The zero-order chi connectivity index (χ0) is 19.6. The Morgan fingerprint density at radius 3 is 2.36 bits per heavy atom. The van der Waals surface area contributed by atoms with E-state index in [1.54, 1.807) is 24.3 Å². The first-order valence-electron chi connectivity index (χ1n) is 9.46. The Labute approximate surface area is 174 Å². The Morgan fingerprint density at radius 1 is 1.00 bits per heavy atom. The Morgan fingerprint density at radius 2 is 1.68 bits per heavy atom. The number of benzene rings is 2. The number of rotatable bonds is 9. The molecule has 0 radical (unpaired) electrons. The zero-order valence-electron chi connectivity index (χ0n) is 15.4. The van der Waals surface area contributed by atoms with Crippen LogP contribution in [0.2, 0.25) is 10.0 Å². The molecule has 0 aromatic heterocycles. The molecule has 0 aliphatic heterocycles. The molecule has 1 amide bonds. The number of fused-ring (bicyclic) bond motifs is 1.